The largest absolute Gasteiger partial charge is 0.494 e. The van der Waals surface area contributed by atoms with Crippen molar-refractivity contribution in [3.05, 3.63) is 54.1 Å². The summed E-state index contributed by atoms with van der Waals surface area (Å²) in [5.41, 5.74) is 2.55. The first-order valence-electron chi connectivity index (χ1n) is 10.9. The number of carbonyl (C=O) groups is 1. The summed E-state index contributed by atoms with van der Waals surface area (Å²) in [4.78, 5) is 14.7. The van der Waals surface area contributed by atoms with Gasteiger partial charge in [0.05, 0.1) is 19.8 Å². The number of hydrogen-bond acceptors (Lipinski definition) is 4. The number of carbonyl (C=O) groups excluding carboxylic acids is 1. The van der Waals surface area contributed by atoms with E-state index in [-0.39, 0.29) is 5.91 Å². The Bertz CT molecular complexity index is 848. The van der Waals surface area contributed by atoms with Crippen LogP contribution in [0.2, 0.25) is 0 Å². The molecule has 8 heteroatoms. The van der Waals surface area contributed by atoms with Gasteiger partial charge in [0, 0.05) is 18.7 Å². The van der Waals surface area contributed by atoms with Gasteiger partial charge in [-0.3, -0.25) is 9.69 Å². The van der Waals surface area contributed by atoms with Crippen LogP contribution >= 0.6 is 34.8 Å². The predicted molar refractivity (Wildman–Crippen MR) is 131 cm³/mol. The summed E-state index contributed by atoms with van der Waals surface area (Å²) < 4.78 is 9.46. The summed E-state index contributed by atoms with van der Waals surface area (Å²) in [5, 5.41) is 2.86. The molecule has 0 bridgehead atoms. The topological polar surface area (TPSA) is 50.8 Å². The Labute approximate surface area is 204 Å². The molecule has 1 heterocycles. The van der Waals surface area contributed by atoms with Gasteiger partial charge in [0.15, 0.2) is 0 Å². The molecule has 0 spiro atoms. The van der Waals surface area contributed by atoms with Crippen LogP contribution in [0.15, 0.2) is 48.5 Å². The van der Waals surface area contributed by atoms with Gasteiger partial charge >= 0.3 is 0 Å². The van der Waals surface area contributed by atoms with Crippen LogP contribution in [0.3, 0.4) is 0 Å². The van der Waals surface area contributed by atoms with Crippen LogP contribution in [-0.2, 0) is 4.74 Å². The van der Waals surface area contributed by atoms with Crippen LogP contribution in [0.4, 0.5) is 0 Å². The van der Waals surface area contributed by atoms with Crippen molar-refractivity contribution in [1.82, 2.24) is 10.2 Å². The van der Waals surface area contributed by atoms with Crippen LogP contribution in [-0.4, -0.2) is 53.7 Å². The molecule has 0 radical (unpaired) electrons. The van der Waals surface area contributed by atoms with Crippen LogP contribution in [0.25, 0.3) is 11.1 Å². The number of rotatable bonds is 9. The number of halogens is 3. The lowest BCUT2D eigenvalue weighted by Gasteiger charge is -2.38. The van der Waals surface area contributed by atoms with E-state index in [2.05, 4.69) is 12.2 Å². The fraction of sp³-hybridized carbons (Fsp3) is 0.458. The van der Waals surface area contributed by atoms with Crippen LogP contribution in [0, 0.1) is 0 Å². The lowest BCUT2D eigenvalue weighted by atomic mass is 10.0. The summed E-state index contributed by atoms with van der Waals surface area (Å²) in [6.45, 7) is 5.13. The third kappa shape index (κ3) is 7.26. The van der Waals surface area contributed by atoms with Crippen molar-refractivity contribution in [2.75, 3.05) is 32.9 Å². The lowest BCUT2D eigenvalue weighted by Crippen LogP contribution is -2.58. The van der Waals surface area contributed by atoms with E-state index >= 15 is 0 Å². The first-order chi connectivity index (χ1) is 15.4. The molecule has 1 aliphatic heterocycles. The minimum atomic E-state index is -1.66. The van der Waals surface area contributed by atoms with Crippen molar-refractivity contribution < 1.29 is 14.3 Å². The zero-order valence-corrected chi connectivity index (χ0v) is 20.4. The van der Waals surface area contributed by atoms with Gasteiger partial charge in [-0.05, 0) is 41.8 Å². The van der Waals surface area contributed by atoms with Crippen molar-refractivity contribution in [1.29, 1.82) is 0 Å². The number of nitrogens with zero attached hydrogens (tertiary/aromatic N) is 1. The van der Waals surface area contributed by atoms with Gasteiger partial charge < -0.3 is 14.8 Å². The van der Waals surface area contributed by atoms with E-state index in [4.69, 9.17) is 44.3 Å². The summed E-state index contributed by atoms with van der Waals surface area (Å²) in [6.07, 6.45) is 2.67. The first kappa shape index (κ1) is 25.1. The Morgan fingerprint density at radius 3 is 2.19 bits per heavy atom. The summed E-state index contributed by atoms with van der Waals surface area (Å²) in [6, 6.07) is 15.3. The van der Waals surface area contributed by atoms with Gasteiger partial charge in [0.25, 0.3) is 5.91 Å². The van der Waals surface area contributed by atoms with E-state index in [0.717, 1.165) is 29.9 Å². The molecule has 1 fully saturated rings. The quantitative estimate of drug-likeness (QED) is 0.356. The molecule has 1 amide bonds. The molecule has 2 aromatic rings. The Morgan fingerprint density at radius 1 is 1.03 bits per heavy atom. The number of alkyl halides is 3. The Hall–Kier alpha value is -1.50. The summed E-state index contributed by atoms with van der Waals surface area (Å²) in [7, 11) is 0. The second-order valence-corrected chi connectivity index (χ2v) is 10.1. The van der Waals surface area contributed by atoms with Crippen molar-refractivity contribution in [2.45, 2.75) is 36.1 Å². The maximum Gasteiger partial charge on any atom is 0.252 e. The molecule has 1 saturated heterocycles. The molecule has 174 valence electrons. The molecule has 32 heavy (non-hydrogen) atoms. The highest BCUT2D eigenvalue weighted by Gasteiger charge is 2.39. The van der Waals surface area contributed by atoms with Gasteiger partial charge in [0.2, 0.25) is 3.79 Å². The van der Waals surface area contributed by atoms with Crippen LogP contribution in [0.5, 0.6) is 5.75 Å². The van der Waals surface area contributed by atoms with E-state index in [1.54, 1.807) is 12.1 Å². The van der Waals surface area contributed by atoms with E-state index in [0.29, 0.717) is 31.9 Å². The Balaban J connectivity index is 1.62. The number of benzene rings is 2. The molecule has 0 saturated carbocycles. The van der Waals surface area contributed by atoms with E-state index < -0.39 is 9.96 Å². The number of ether oxygens (including phenoxy) is 2. The number of amides is 1. The predicted octanol–water partition coefficient (Wildman–Crippen LogP) is 5.68. The minimum Gasteiger partial charge on any atom is -0.494 e. The highest BCUT2D eigenvalue weighted by molar-refractivity contribution is 6.68. The third-order valence-electron chi connectivity index (χ3n) is 5.34. The van der Waals surface area contributed by atoms with Crippen LogP contribution in [0.1, 0.15) is 36.5 Å². The zero-order chi connectivity index (χ0) is 23.0. The molecular weight excluding hydrogens is 471 g/mol. The van der Waals surface area contributed by atoms with Gasteiger partial charge in [-0.25, -0.2) is 0 Å². The second-order valence-electron chi connectivity index (χ2n) is 7.72. The second kappa shape index (κ2) is 12.1. The van der Waals surface area contributed by atoms with E-state index in [1.165, 1.54) is 12.8 Å². The molecule has 2 aromatic carbocycles. The van der Waals surface area contributed by atoms with Crippen molar-refractivity contribution >= 4 is 40.7 Å². The Kier molecular flexibility index (Phi) is 9.50. The number of nitrogens with one attached hydrogen (secondary N) is 1. The summed E-state index contributed by atoms with van der Waals surface area (Å²) >= 11 is 18.5. The molecule has 1 aliphatic rings. The maximum atomic E-state index is 12.8. The molecular formula is C24H29Cl3N2O3. The fourth-order valence-corrected chi connectivity index (χ4v) is 4.10. The zero-order valence-electron chi connectivity index (χ0n) is 18.2. The highest BCUT2D eigenvalue weighted by atomic mass is 35.6. The van der Waals surface area contributed by atoms with Gasteiger partial charge in [-0.2, -0.15) is 0 Å². The average Bonchev–Trinajstić information content (AvgIpc) is 2.80. The highest BCUT2D eigenvalue weighted by Crippen LogP contribution is 2.33. The third-order valence-corrected chi connectivity index (χ3v) is 5.96. The number of hydrogen-bond donors (Lipinski definition) is 1. The molecule has 1 atom stereocenters. The van der Waals surface area contributed by atoms with E-state index in [9.17, 15) is 4.79 Å². The van der Waals surface area contributed by atoms with Crippen molar-refractivity contribution in [3.63, 3.8) is 0 Å². The standard InChI is InChI=1S/C24H29Cl3N2O3/c1-2-3-4-15-32-21-11-9-19(10-12-21)18-5-7-20(8-6-18)22(30)28-23(24(25,26)27)29-13-16-31-17-14-29/h5-12,23H,2-4,13-17H2,1H3,(H,28,30)/t23-/m0/s1. The minimum absolute atomic E-state index is 0.296. The first-order valence-corrected chi connectivity index (χ1v) is 12.0. The molecule has 0 aromatic heterocycles. The maximum absolute atomic E-state index is 12.8. The van der Waals surface area contributed by atoms with Gasteiger partial charge in [-0.15, -0.1) is 0 Å². The molecule has 3 rings (SSSR count). The smallest absolute Gasteiger partial charge is 0.252 e. The summed E-state index contributed by atoms with van der Waals surface area (Å²) in [5.74, 6) is 0.567. The SMILES string of the molecule is CCCCCOc1ccc(-c2ccc(C(=O)N[C@@H](N3CCOCC3)C(Cl)(Cl)Cl)cc2)cc1. The van der Waals surface area contributed by atoms with Crippen molar-refractivity contribution in [3.8, 4) is 16.9 Å². The Morgan fingerprint density at radius 2 is 1.62 bits per heavy atom. The van der Waals surface area contributed by atoms with Gasteiger partial charge in [-0.1, -0.05) is 78.8 Å². The molecule has 5 nitrogen and oxygen atoms in total. The lowest BCUT2D eigenvalue weighted by molar-refractivity contribution is 0.00996. The number of unbranched alkanes of at least 4 members (excludes halogenated alkanes) is 2. The molecule has 0 aliphatic carbocycles. The average molecular weight is 500 g/mol. The molecule has 0 unspecified atom stereocenters. The monoisotopic (exact) mass is 498 g/mol. The van der Waals surface area contributed by atoms with Crippen molar-refractivity contribution in [2.24, 2.45) is 0 Å². The fourth-order valence-electron chi connectivity index (χ4n) is 3.52. The normalized spacial score (nSPS) is 15.9. The van der Waals surface area contributed by atoms with Gasteiger partial charge in [0.1, 0.15) is 11.9 Å². The van der Waals surface area contributed by atoms with Crippen LogP contribution < -0.4 is 10.1 Å². The number of morpholine rings is 1. The van der Waals surface area contributed by atoms with E-state index in [1.807, 2.05) is 41.3 Å². The molecule has 1 N–H and O–H groups in total.